The largest absolute Gasteiger partial charge is 0.442 e. The number of terminal acetylenes is 1. The van der Waals surface area contributed by atoms with Crippen molar-refractivity contribution in [2.45, 2.75) is 39.0 Å². The third-order valence-corrected chi connectivity index (χ3v) is 5.01. The van der Waals surface area contributed by atoms with Crippen molar-refractivity contribution in [2.75, 3.05) is 18.6 Å². The topological polar surface area (TPSA) is 79.0 Å². The number of halogens is 4. The van der Waals surface area contributed by atoms with Crippen molar-refractivity contribution in [1.29, 1.82) is 0 Å². The maximum atomic E-state index is 12.8. The van der Waals surface area contributed by atoms with Crippen LogP contribution in [0.5, 0.6) is 0 Å². The summed E-state index contributed by atoms with van der Waals surface area (Å²) in [5.41, 5.74) is -0.823. The number of anilines is 1. The molecular formula is C20H21ClF3N3O4. The molecule has 11 heteroatoms. The lowest BCUT2D eigenvalue weighted by Crippen LogP contribution is -2.41. The van der Waals surface area contributed by atoms with E-state index in [-0.39, 0.29) is 23.2 Å². The van der Waals surface area contributed by atoms with Crippen molar-refractivity contribution in [2.24, 2.45) is 5.92 Å². The highest BCUT2D eigenvalue weighted by atomic mass is 35.5. The second-order valence-electron chi connectivity index (χ2n) is 7.21. The van der Waals surface area contributed by atoms with E-state index in [1.165, 1.54) is 6.92 Å². The average molecular weight is 460 g/mol. The minimum absolute atomic E-state index is 0.0707. The van der Waals surface area contributed by atoms with Gasteiger partial charge in [0.2, 0.25) is 0 Å². The van der Waals surface area contributed by atoms with Crippen LogP contribution < -0.4 is 5.32 Å². The summed E-state index contributed by atoms with van der Waals surface area (Å²) in [6.07, 6.45) is 0.639. The van der Waals surface area contributed by atoms with Gasteiger partial charge in [0.25, 0.3) is 5.91 Å². The number of ether oxygens (including phenoxy) is 1. The Bertz CT molecular complexity index is 914. The molecule has 7 nitrogen and oxygen atoms in total. The summed E-state index contributed by atoms with van der Waals surface area (Å²) in [4.78, 5) is 39.1. The summed E-state index contributed by atoms with van der Waals surface area (Å²) >= 11 is 5.94. The number of alkyl halides is 3. The minimum Gasteiger partial charge on any atom is -0.442 e. The molecule has 1 aromatic carbocycles. The summed E-state index contributed by atoms with van der Waals surface area (Å²) in [5, 5.41) is 2.54. The van der Waals surface area contributed by atoms with Gasteiger partial charge < -0.3 is 15.0 Å². The summed E-state index contributed by atoms with van der Waals surface area (Å²) in [5.74, 6) is 0.554. The number of hydrogen-bond acceptors (Lipinski definition) is 5. The minimum atomic E-state index is -4.56. The Morgan fingerprint density at radius 3 is 2.52 bits per heavy atom. The predicted molar refractivity (Wildman–Crippen MR) is 107 cm³/mol. The first kappa shape index (κ1) is 24.3. The van der Waals surface area contributed by atoms with Gasteiger partial charge in [-0.3, -0.25) is 4.79 Å². The van der Waals surface area contributed by atoms with Crippen molar-refractivity contribution in [3.63, 3.8) is 0 Å². The van der Waals surface area contributed by atoms with Gasteiger partial charge >= 0.3 is 18.2 Å². The number of urea groups is 1. The summed E-state index contributed by atoms with van der Waals surface area (Å²) < 4.78 is 43.6. The van der Waals surface area contributed by atoms with Gasteiger partial charge in [-0.15, -0.1) is 6.42 Å². The Morgan fingerprint density at radius 2 is 2.00 bits per heavy atom. The van der Waals surface area contributed by atoms with E-state index in [1.54, 1.807) is 13.8 Å². The third kappa shape index (κ3) is 5.41. The van der Waals surface area contributed by atoms with Gasteiger partial charge in [0.15, 0.2) is 6.73 Å². The quantitative estimate of drug-likeness (QED) is 0.383. The molecule has 2 unspecified atom stereocenters. The molecule has 168 valence electrons. The number of nitrogens with one attached hydrogen (secondary N) is 1. The Morgan fingerprint density at radius 1 is 1.35 bits per heavy atom. The van der Waals surface area contributed by atoms with Crippen LogP contribution in [-0.2, 0) is 20.5 Å². The standard InChI is InChI=1S/C20H21ClF3N3O4/c1-5-8-26-12(4)17(28)27(19(26)30)10-31-18(29)16(11(2)3)25-15-7-6-13(9-14(15)21)20(22,23)24/h1,6-7,9,11-12,16,25H,8,10H2,2-4H3. The van der Waals surface area contributed by atoms with Crippen LogP contribution in [0.3, 0.4) is 0 Å². The molecule has 2 atom stereocenters. The molecule has 1 N–H and O–H groups in total. The van der Waals surface area contributed by atoms with Crippen molar-refractivity contribution >= 4 is 35.2 Å². The molecular weight excluding hydrogens is 439 g/mol. The smallest absolute Gasteiger partial charge is 0.416 e. The van der Waals surface area contributed by atoms with Crippen molar-refractivity contribution in [3.8, 4) is 12.3 Å². The number of nitrogens with zero attached hydrogens (tertiary/aromatic N) is 2. The van der Waals surface area contributed by atoms with Gasteiger partial charge in [0, 0.05) is 0 Å². The normalized spacial score (nSPS) is 17.7. The molecule has 1 aliphatic heterocycles. The first-order valence-electron chi connectivity index (χ1n) is 9.23. The maximum Gasteiger partial charge on any atom is 0.416 e. The zero-order valence-corrected chi connectivity index (χ0v) is 17.8. The fourth-order valence-corrected chi connectivity index (χ4v) is 3.12. The molecule has 0 spiro atoms. The number of hydrogen-bond donors (Lipinski definition) is 1. The monoisotopic (exact) mass is 459 g/mol. The Balaban J connectivity index is 2.09. The highest BCUT2D eigenvalue weighted by Crippen LogP contribution is 2.34. The highest BCUT2D eigenvalue weighted by molar-refractivity contribution is 6.33. The van der Waals surface area contributed by atoms with Crippen LogP contribution in [0.1, 0.15) is 26.3 Å². The molecule has 1 fully saturated rings. The van der Waals surface area contributed by atoms with Crippen LogP contribution in [0.25, 0.3) is 0 Å². The number of esters is 1. The summed E-state index contributed by atoms with van der Waals surface area (Å²) in [6.45, 7) is 4.18. The molecule has 0 radical (unpaired) electrons. The molecule has 2 rings (SSSR count). The molecule has 1 aliphatic rings. The molecule has 0 aliphatic carbocycles. The average Bonchev–Trinajstić information content (AvgIpc) is 2.87. The highest BCUT2D eigenvalue weighted by Gasteiger charge is 2.43. The van der Waals surface area contributed by atoms with Gasteiger partial charge in [0.05, 0.1) is 22.8 Å². The molecule has 0 bridgehead atoms. The molecule has 1 aromatic rings. The SMILES string of the molecule is C#CCN1C(=O)N(COC(=O)C(Nc2ccc(C(F)(F)F)cc2Cl)C(C)C)C(=O)C1C. The van der Waals surface area contributed by atoms with Gasteiger partial charge in [-0.2, -0.15) is 13.2 Å². The maximum absolute atomic E-state index is 12.8. The van der Waals surface area contributed by atoms with Gasteiger partial charge in [0.1, 0.15) is 12.1 Å². The Hall–Kier alpha value is -2.93. The first-order chi connectivity index (χ1) is 14.4. The van der Waals surface area contributed by atoms with Crippen LogP contribution in [0, 0.1) is 18.3 Å². The fourth-order valence-electron chi connectivity index (χ4n) is 2.89. The number of benzene rings is 1. The zero-order valence-electron chi connectivity index (χ0n) is 17.0. The van der Waals surface area contributed by atoms with E-state index in [4.69, 9.17) is 22.8 Å². The van der Waals surface area contributed by atoms with E-state index < -0.39 is 48.5 Å². The molecule has 1 saturated heterocycles. The van der Waals surface area contributed by atoms with Crippen LogP contribution in [-0.4, -0.2) is 53.1 Å². The van der Waals surface area contributed by atoms with Crippen LogP contribution in [0.15, 0.2) is 18.2 Å². The van der Waals surface area contributed by atoms with Crippen molar-refractivity contribution in [3.05, 3.63) is 28.8 Å². The second-order valence-corrected chi connectivity index (χ2v) is 7.61. The molecule has 3 amide bonds. The van der Waals surface area contributed by atoms with Crippen molar-refractivity contribution < 1.29 is 32.3 Å². The van der Waals surface area contributed by atoms with Crippen LogP contribution in [0.2, 0.25) is 5.02 Å². The second kappa shape index (κ2) is 9.47. The lowest BCUT2D eigenvalue weighted by Gasteiger charge is -2.24. The number of carbonyl (C=O) groups excluding carboxylic acids is 3. The van der Waals surface area contributed by atoms with Gasteiger partial charge in [-0.1, -0.05) is 31.4 Å². The lowest BCUT2D eigenvalue weighted by atomic mass is 10.0. The Labute approximate surface area is 182 Å². The Kier molecular flexibility index (Phi) is 7.44. The molecule has 0 aromatic heterocycles. The number of rotatable bonds is 7. The van der Waals surface area contributed by atoms with E-state index in [1.807, 2.05) is 0 Å². The number of imide groups is 1. The molecule has 0 saturated carbocycles. The fraction of sp³-hybridized carbons (Fsp3) is 0.450. The number of amides is 3. The number of carbonyl (C=O) groups is 3. The van der Waals surface area contributed by atoms with Crippen LogP contribution >= 0.6 is 11.6 Å². The van der Waals surface area contributed by atoms with E-state index in [9.17, 15) is 27.6 Å². The van der Waals surface area contributed by atoms with E-state index >= 15 is 0 Å². The lowest BCUT2D eigenvalue weighted by molar-refractivity contribution is -0.151. The third-order valence-electron chi connectivity index (χ3n) is 4.69. The van der Waals surface area contributed by atoms with E-state index in [0.29, 0.717) is 0 Å². The summed E-state index contributed by atoms with van der Waals surface area (Å²) in [7, 11) is 0. The van der Waals surface area contributed by atoms with E-state index in [0.717, 1.165) is 28.0 Å². The van der Waals surface area contributed by atoms with Gasteiger partial charge in [-0.25, -0.2) is 14.5 Å². The van der Waals surface area contributed by atoms with E-state index in [2.05, 4.69) is 11.2 Å². The predicted octanol–water partition coefficient (Wildman–Crippen LogP) is 3.58. The first-order valence-corrected chi connectivity index (χ1v) is 9.61. The molecule has 31 heavy (non-hydrogen) atoms. The molecule has 1 heterocycles. The summed E-state index contributed by atoms with van der Waals surface area (Å²) in [6, 6.07) is 0.229. The van der Waals surface area contributed by atoms with Gasteiger partial charge in [-0.05, 0) is 31.0 Å². The van der Waals surface area contributed by atoms with Crippen LogP contribution in [0.4, 0.5) is 23.7 Å². The zero-order chi connectivity index (χ0) is 23.5. The van der Waals surface area contributed by atoms with Crippen molar-refractivity contribution in [1.82, 2.24) is 9.80 Å².